The summed E-state index contributed by atoms with van der Waals surface area (Å²) in [5, 5.41) is 25.8. The van der Waals surface area contributed by atoms with Crippen LogP contribution in [0, 0.1) is 0 Å². The number of carbonyl (C=O) groups excluding carboxylic acids is 1. The molecule has 2 N–H and O–H groups in total. The summed E-state index contributed by atoms with van der Waals surface area (Å²) < 4.78 is 5.69. The molecule has 0 spiro atoms. The van der Waals surface area contributed by atoms with E-state index < -0.39 is 5.97 Å². The van der Waals surface area contributed by atoms with Gasteiger partial charge in [0.15, 0.2) is 0 Å². The Kier molecular flexibility index (Phi) is 6.88. The average Bonchev–Trinajstić information content (AvgIpc) is 3.00. The van der Waals surface area contributed by atoms with Gasteiger partial charge in [0.25, 0.3) is 0 Å². The fourth-order valence-electron chi connectivity index (χ4n) is 4.55. The zero-order chi connectivity index (χ0) is 27.3. The van der Waals surface area contributed by atoms with Gasteiger partial charge in [0.2, 0.25) is 0 Å². The van der Waals surface area contributed by atoms with Gasteiger partial charge in [0, 0.05) is 28.4 Å². The van der Waals surface area contributed by atoms with Crippen molar-refractivity contribution in [2.45, 2.75) is 6.54 Å². The highest BCUT2D eigenvalue weighted by atomic mass is 16.5. The number of hydrogen-bond acceptors (Lipinski definition) is 6. The molecule has 0 aromatic heterocycles. The molecule has 6 nitrogen and oxygen atoms in total. The predicted octanol–water partition coefficient (Wildman–Crippen LogP) is 8.95. The topological polar surface area (TPSA) is 83.3 Å². The Morgan fingerprint density at radius 3 is 2.17 bits per heavy atom. The number of ether oxygens (including phenoxy) is 1. The molecule has 40 heavy (non-hydrogen) atoms. The first-order valence-corrected chi connectivity index (χ1v) is 12.9. The number of anilines is 1. The van der Waals surface area contributed by atoms with Crippen LogP contribution in [0.15, 0.2) is 138 Å². The number of rotatable bonds is 7. The summed E-state index contributed by atoms with van der Waals surface area (Å²) >= 11 is 0. The monoisotopic (exact) mass is 523 g/mol. The maximum absolute atomic E-state index is 12.8. The number of phenols is 1. The van der Waals surface area contributed by atoms with Crippen LogP contribution in [0.2, 0.25) is 0 Å². The fraction of sp³-hybridized carbons (Fsp3) is 0.0294. The largest absolute Gasteiger partial charge is 0.508 e. The summed E-state index contributed by atoms with van der Waals surface area (Å²) in [6.07, 6.45) is 0. The van der Waals surface area contributed by atoms with Crippen molar-refractivity contribution >= 4 is 44.6 Å². The summed E-state index contributed by atoms with van der Waals surface area (Å²) in [5.41, 5.74) is 3.85. The highest BCUT2D eigenvalue weighted by molar-refractivity contribution is 6.01. The van der Waals surface area contributed by atoms with Crippen LogP contribution in [0.3, 0.4) is 0 Å². The Labute approximate surface area is 231 Å². The minimum Gasteiger partial charge on any atom is -0.508 e. The van der Waals surface area contributed by atoms with Crippen LogP contribution < -0.4 is 10.1 Å². The molecule has 0 saturated carbocycles. The van der Waals surface area contributed by atoms with E-state index in [0.717, 1.165) is 38.5 Å². The summed E-state index contributed by atoms with van der Waals surface area (Å²) in [6, 6.07) is 39.4. The Morgan fingerprint density at radius 1 is 0.675 bits per heavy atom. The first-order chi connectivity index (χ1) is 19.6. The quantitative estimate of drug-likeness (QED) is 0.124. The number of fused-ring (bicyclic) bond motifs is 2. The molecule has 6 aromatic carbocycles. The van der Waals surface area contributed by atoms with Crippen molar-refractivity contribution in [2.75, 3.05) is 5.32 Å². The number of nitrogens with one attached hydrogen (secondary N) is 1. The van der Waals surface area contributed by atoms with E-state index in [9.17, 15) is 9.90 Å². The maximum Gasteiger partial charge on any atom is 0.343 e. The number of esters is 1. The van der Waals surface area contributed by atoms with Crippen molar-refractivity contribution in [1.82, 2.24) is 0 Å². The van der Waals surface area contributed by atoms with Crippen LogP contribution in [-0.2, 0) is 6.54 Å². The molecule has 0 unspecified atom stereocenters. The second kappa shape index (κ2) is 11.1. The molecule has 0 amide bonds. The van der Waals surface area contributed by atoms with E-state index in [1.54, 1.807) is 42.5 Å². The third-order valence-electron chi connectivity index (χ3n) is 6.65. The molecular formula is C34H25N3O3. The Bertz CT molecular complexity index is 1840. The number of hydrogen-bond donors (Lipinski definition) is 2. The molecule has 6 aromatic rings. The van der Waals surface area contributed by atoms with Gasteiger partial charge < -0.3 is 15.2 Å². The number of nitrogens with zero attached hydrogens (tertiary/aromatic N) is 2. The van der Waals surface area contributed by atoms with Crippen LogP contribution in [0.25, 0.3) is 21.5 Å². The predicted molar refractivity (Wildman–Crippen MR) is 159 cm³/mol. The minimum atomic E-state index is -0.429. The van der Waals surface area contributed by atoms with Gasteiger partial charge in [0.05, 0.1) is 16.9 Å². The molecule has 194 valence electrons. The normalized spacial score (nSPS) is 11.2. The molecule has 0 fully saturated rings. The van der Waals surface area contributed by atoms with Crippen molar-refractivity contribution in [3.05, 3.63) is 139 Å². The molecule has 0 heterocycles. The third-order valence-corrected chi connectivity index (χ3v) is 6.65. The summed E-state index contributed by atoms with van der Waals surface area (Å²) in [6.45, 7) is 0.625. The Hall–Kier alpha value is -5.49. The Balaban J connectivity index is 1.17. The zero-order valence-electron chi connectivity index (χ0n) is 21.5. The van der Waals surface area contributed by atoms with Gasteiger partial charge in [-0.05, 0) is 65.5 Å². The van der Waals surface area contributed by atoms with Crippen molar-refractivity contribution in [3.8, 4) is 11.5 Å². The summed E-state index contributed by atoms with van der Waals surface area (Å²) in [7, 11) is 0. The van der Waals surface area contributed by atoms with E-state index in [1.165, 1.54) is 0 Å². The van der Waals surface area contributed by atoms with Crippen LogP contribution in [0.4, 0.5) is 17.1 Å². The van der Waals surface area contributed by atoms with Crippen LogP contribution >= 0.6 is 0 Å². The lowest BCUT2D eigenvalue weighted by atomic mass is 10.1. The van der Waals surface area contributed by atoms with E-state index in [-0.39, 0.29) is 5.75 Å². The SMILES string of the molecule is O=C(Oc1cccc2ccccc12)c1ccc(N=Nc2ccc(NCc3ccc(O)cc3)c3ccccc23)cc1. The molecule has 0 aliphatic heterocycles. The number of aromatic hydroxyl groups is 1. The number of phenolic OH excluding ortho intramolecular Hbond substituents is 1. The van der Waals surface area contributed by atoms with Gasteiger partial charge in [-0.2, -0.15) is 5.11 Å². The Morgan fingerprint density at radius 2 is 1.38 bits per heavy atom. The molecule has 6 heteroatoms. The molecule has 0 saturated heterocycles. The lowest BCUT2D eigenvalue weighted by molar-refractivity contribution is 0.0737. The number of benzene rings is 6. The highest BCUT2D eigenvalue weighted by Crippen LogP contribution is 2.33. The smallest absolute Gasteiger partial charge is 0.343 e. The molecular weight excluding hydrogens is 498 g/mol. The molecule has 6 rings (SSSR count). The van der Waals surface area contributed by atoms with Crippen LogP contribution in [0.1, 0.15) is 15.9 Å². The highest BCUT2D eigenvalue weighted by Gasteiger charge is 2.11. The van der Waals surface area contributed by atoms with Crippen molar-refractivity contribution in [2.24, 2.45) is 10.2 Å². The van der Waals surface area contributed by atoms with Gasteiger partial charge >= 0.3 is 5.97 Å². The molecule has 0 bridgehead atoms. The summed E-state index contributed by atoms with van der Waals surface area (Å²) in [4.78, 5) is 12.8. The van der Waals surface area contributed by atoms with E-state index in [0.29, 0.717) is 23.5 Å². The molecule has 0 radical (unpaired) electrons. The van der Waals surface area contributed by atoms with Crippen molar-refractivity contribution < 1.29 is 14.6 Å². The van der Waals surface area contributed by atoms with Gasteiger partial charge in [-0.25, -0.2) is 4.79 Å². The van der Waals surface area contributed by atoms with E-state index in [4.69, 9.17) is 4.74 Å². The van der Waals surface area contributed by atoms with Crippen molar-refractivity contribution in [1.29, 1.82) is 0 Å². The second-order valence-corrected chi connectivity index (χ2v) is 9.31. The van der Waals surface area contributed by atoms with Gasteiger partial charge in [-0.15, -0.1) is 5.11 Å². The first kappa shape index (κ1) is 24.8. The van der Waals surface area contributed by atoms with E-state index in [2.05, 4.69) is 15.5 Å². The average molecular weight is 524 g/mol. The third kappa shape index (κ3) is 5.37. The van der Waals surface area contributed by atoms with Gasteiger partial charge in [-0.3, -0.25) is 0 Å². The first-order valence-electron chi connectivity index (χ1n) is 12.9. The van der Waals surface area contributed by atoms with E-state index in [1.807, 2.05) is 84.9 Å². The molecule has 0 aliphatic rings. The van der Waals surface area contributed by atoms with Crippen LogP contribution in [-0.4, -0.2) is 11.1 Å². The maximum atomic E-state index is 12.8. The second-order valence-electron chi connectivity index (χ2n) is 9.31. The van der Waals surface area contributed by atoms with Crippen molar-refractivity contribution in [3.63, 3.8) is 0 Å². The minimum absolute atomic E-state index is 0.249. The molecule has 0 atom stereocenters. The van der Waals surface area contributed by atoms with Gasteiger partial charge in [-0.1, -0.05) is 72.8 Å². The number of carbonyl (C=O) groups is 1. The lowest BCUT2D eigenvalue weighted by Gasteiger charge is -2.11. The standard InChI is InChI=1S/C34H25N3O3/c38-27-18-12-23(13-19-27)22-35-31-20-21-32(30-10-4-3-9-29(30)31)37-36-26-16-14-25(15-17-26)34(39)40-33-11-5-7-24-6-1-2-8-28(24)33/h1-21,35,38H,22H2. The van der Waals surface area contributed by atoms with E-state index >= 15 is 0 Å². The zero-order valence-corrected chi connectivity index (χ0v) is 21.5. The summed E-state index contributed by atoms with van der Waals surface area (Å²) in [5.74, 6) is 0.348. The number of azo groups is 1. The van der Waals surface area contributed by atoms with Gasteiger partial charge in [0.1, 0.15) is 11.5 Å². The lowest BCUT2D eigenvalue weighted by Crippen LogP contribution is -2.08. The van der Waals surface area contributed by atoms with Crippen LogP contribution in [0.5, 0.6) is 11.5 Å². The fourth-order valence-corrected chi connectivity index (χ4v) is 4.55. The molecule has 0 aliphatic carbocycles.